The second-order valence-electron chi connectivity index (χ2n) is 12.9. The summed E-state index contributed by atoms with van der Waals surface area (Å²) in [6.07, 6.45) is 7.03. The fourth-order valence-corrected chi connectivity index (χ4v) is 7.64. The highest BCUT2D eigenvalue weighted by Crippen LogP contribution is 2.36. The number of aryl methyl sites for hydroxylation is 2. The van der Waals surface area contributed by atoms with Gasteiger partial charge in [-0.15, -0.1) is 0 Å². The Morgan fingerprint density at radius 3 is 1.43 bits per heavy atom. The molecule has 8 rings (SSSR count). The van der Waals surface area contributed by atoms with Crippen LogP contribution in [0.5, 0.6) is 0 Å². The van der Waals surface area contributed by atoms with Gasteiger partial charge in [0.1, 0.15) is 23.0 Å². The van der Waals surface area contributed by atoms with Crippen LogP contribution in [0.1, 0.15) is 67.6 Å². The van der Waals surface area contributed by atoms with Crippen LogP contribution in [0.3, 0.4) is 0 Å². The van der Waals surface area contributed by atoms with Gasteiger partial charge in [-0.1, -0.05) is 72.1 Å². The van der Waals surface area contributed by atoms with Gasteiger partial charge in [-0.2, -0.15) is 10.2 Å². The monoisotopic (exact) mass is 778 g/mol. The zero-order chi connectivity index (χ0) is 39.0. The summed E-state index contributed by atoms with van der Waals surface area (Å²) in [5.41, 5.74) is 6.66. The Labute approximate surface area is 331 Å². The minimum absolute atomic E-state index is 0.177. The summed E-state index contributed by atoms with van der Waals surface area (Å²) in [5, 5.41) is 24.3. The molecule has 0 radical (unpaired) electrons. The molecular weight excluding hydrogens is 741 g/mol. The van der Waals surface area contributed by atoms with E-state index < -0.39 is 0 Å². The first-order valence-electron chi connectivity index (χ1n) is 17.8. The van der Waals surface area contributed by atoms with Crippen molar-refractivity contribution in [1.82, 2.24) is 40.3 Å². The Morgan fingerprint density at radius 1 is 0.589 bits per heavy atom. The average molecular weight is 779 g/mol. The highest BCUT2D eigenvalue weighted by molar-refractivity contribution is 7.99. The Kier molecular flexibility index (Phi) is 11.8. The molecule has 2 amide bonds. The fourth-order valence-electron chi connectivity index (χ4n) is 5.68. The van der Waals surface area contributed by atoms with E-state index in [9.17, 15) is 9.59 Å². The standard InChI is InChI=1S/2C21H19N5OS/c2*1-13-12-23-26-21(13)28-14(2)16-9-10-22-19(11-16)25-20(27)18-8-7-15-5-3-4-6-17(15)24-18/h2*3-12,14H,1-2H3,(H,23,26)(H,22,25,27)/t2*14-/m10/s1. The van der Waals surface area contributed by atoms with Gasteiger partial charge in [-0.05, 0) is 87.4 Å². The lowest BCUT2D eigenvalue weighted by Gasteiger charge is -2.12. The number of aromatic amines is 2. The summed E-state index contributed by atoms with van der Waals surface area (Å²) >= 11 is 3.37. The number of nitrogens with one attached hydrogen (secondary N) is 4. The van der Waals surface area contributed by atoms with E-state index in [1.807, 2.05) is 111 Å². The zero-order valence-corrected chi connectivity index (χ0v) is 32.7. The highest BCUT2D eigenvalue weighted by atomic mass is 32.2. The van der Waals surface area contributed by atoms with Crippen LogP contribution in [0.15, 0.2) is 132 Å². The van der Waals surface area contributed by atoms with E-state index in [-0.39, 0.29) is 22.3 Å². The van der Waals surface area contributed by atoms with E-state index in [0.717, 1.165) is 54.1 Å². The van der Waals surface area contributed by atoms with Gasteiger partial charge < -0.3 is 10.6 Å². The number of pyridine rings is 4. The van der Waals surface area contributed by atoms with Crippen molar-refractivity contribution in [3.63, 3.8) is 0 Å². The molecule has 0 saturated carbocycles. The molecule has 2 atom stereocenters. The third-order valence-electron chi connectivity index (χ3n) is 8.81. The van der Waals surface area contributed by atoms with Crippen molar-refractivity contribution in [2.75, 3.05) is 10.6 Å². The summed E-state index contributed by atoms with van der Waals surface area (Å²) in [4.78, 5) is 42.6. The predicted molar refractivity (Wildman–Crippen MR) is 223 cm³/mol. The molecule has 0 unspecified atom stereocenters. The van der Waals surface area contributed by atoms with Gasteiger partial charge in [0.05, 0.1) is 33.5 Å². The quantitative estimate of drug-likeness (QED) is 0.0982. The first kappa shape index (κ1) is 37.9. The van der Waals surface area contributed by atoms with Crippen LogP contribution in [-0.2, 0) is 0 Å². The van der Waals surface area contributed by atoms with Gasteiger partial charge in [0, 0.05) is 44.8 Å². The molecule has 4 N–H and O–H groups in total. The molecule has 6 heterocycles. The SMILES string of the molecule is Cc1cn[nH]c1S[C@@H](C)c1ccnc(NC(=O)c2ccc3ccccc3n2)c1.Cc1cn[nH]c1S[C@H](C)c1ccnc(NC(=O)c2ccc3ccccc3n2)c1. The molecule has 0 saturated heterocycles. The molecule has 14 heteroatoms. The maximum Gasteiger partial charge on any atom is 0.275 e. The minimum atomic E-state index is -0.278. The van der Waals surface area contributed by atoms with Crippen molar-refractivity contribution < 1.29 is 9.59 Å². The number of benzene rings is 2. The summed E-state index contributed by atoms with van der Waals surface area (Å²) < 4.78 is 0. The van der Waals surface area contributed by atoms with E-state index in [1.54, 1.807) is 48.1 Å². The number of aromatic nitrogens is 8. The average Bonchev–Trinajstić information content (AvgIpc) is 3.83. The van der Waals surface area contributed by atoms with Crippen molar-refractivity contribution in [3.8, 4) is 0 Å². The fraction of sp³-hybridized carbons (Fsp3) is 0.143. The lowest BCUT2D eigenvalue weighted by atomic mass is 10.2. The molecule has 0 fully saturated rings. The summed E-state index contributed by atoms with van der Waals surface area (Å²) in [7, 11) is 0. The van der Waals surface area contributed by atoms with Crippen molar-refractivity contribution >= 4 is 68.8 Å². The first-order chi connectivity index (χ1) is 27.2. The Morgan fingerprint density at radius 2 is 1.02 bits per heavy atom. The van der Waals surface area contributed by atoms with Gasteiger partial charge in [0.25, 0.3) is 11.8 Å². The molecule has 0 aliphatic carbocycles. The highest BCUT2D eigenvalue weighted by Gasteiger charge is 2.16. The van der Waals surface area contributed by atoms with Crippen LogP contribution in [-0.4, -0.2) is 52.1 Å². The number of hydrogen-bond donors (Lipinski definition) is 4. The van der Waals surface area contributed by atoms with E-state index in [4.69, 9.17) is 0 Å². The maximum atomic E-state index is 12.6. The molecule has 6 aromatic heterocycles. The molecule has 0 bridgehead atoms. The summed E-state index contributed by atoms with van der Waals surface area (Å²) in [6.45, 7) is 8.26. The van der Waals surface area contributed by atoms with Crippen LogP contribution in [0, 0.1) is 13.8 Å². The van der Waals surface area contributed by atoms with Crippen LogP contribution in [0.25, 0.3) is 21.8 Å². The van der Waals surface area contributed by atoms with Crippen molar-refractivity contribution in [1.29, 1.82) is 0 Å². The lowest BCUT2D eigenvalue weighted by molar-refractivity contribution is 0.101. The van der Waals surface area contributed by atoms with Crippen LogP contribution in [0.2, 0.25) is 0 Å². The normalized spacial score (nSPS) is 12.1. The number of rotatable bonds is 10. The van der Waals surface area contributed by atoms with E-state index >= 15 is 0 Å². The number of fused-ring (bicyclic) bond motifs is 2. The smallest absolute Gasteiger partial charge is 0.275 e. The van der Waals surface area contributed by atoms with Crippen LogP contribution in [0.4, 0.5) is 11.6 Å². The van der Waals surface area contributed by atoms with E-state index in [2.05, 4.69) is 64.8 Å². The van der Waals surface area contributed by atoms with E-state index in [1.165, 1.54) is 0 Å². The molecular formula is C42H38N10O2S2. The predicted octanol–water partition coefficient (Wildman–Crippen LogP) is 9.53. The number of carbonyl (C=O) groups is 2. The topological polar surface area (TPSA) is 167 Å². The van der Waals surface area contributed by atoms with Gasteiger partial charge in [0.15, 0.2) is 0 Å². The third-order valence-corrected chi connectivity index (χ3v) is 11.4. The number of nitrogens with zero attached hydrogens (tertiary/aromatic N) is 6. The molecule has 56 heavy (non-hydrogen) atoms. The molecule has 280 valence electrons. The Bertz CT molecular complexity index is 2460. The second-order valence-corrected chi connectivity index (χ2v) is 15.6. The molecule has 0 spiro atoms. The van der Waals surface area contributed by atoms with Crippen molar-refractivity contribution in [2.45, 2.75) is 48.2 Å². The Hall–Kier alpha value is -6.38. The zero-order valence-electron chi connectivity index (χ0n) is 31.0. The number of amides is 2. The van der Waals surface area contributed by atoms with E-state index in [0.29, 0.717) is 23.0 Å². The number of para-hydroxylation sites is 2. The number of carbonyl (C=O) groups excluding carboxylic acids is 2. The molecule has 0 aliphatic rings. The number of hydrogen-bond acceptors (Lipinski definition) is 10. The van der Waals surface area contributed by atoms with Crippen molar-refractivity contribution in [3.05, 3.63) is 155 Å². The summed E-state index contributed by atoms with van der Waals surface area (Å²) in [5.74, 6) is 0.456. The molecule has 8 aromatic rings. The third kappa shape index (κ3) is 9.28. The number of H-pyrrole nitrogens is 2. The number of thioether (sulfide) groups is 2. The molecule has 2 aromatic carbocycles. The molecule has 0 aliphatic heterocycles. The second kappa shape index (κ2) is 17.4. The van der Waals surface area contributed by atoms with Crippen LogP contribution < -0.4 is 10.6 Å². The summed E-state index contributed by atoms with van der Waals surface area (Å²) in [6, 6.07) is 30.3. The van der Waals surface area contributed by atoms with Gasteiger partial charge in [0.2, 0.25) is 0 Å². The van der Waals surface area contributed by atoms with Gasteiger partial charge in [-0.3, -0.25) is 19.8 Å². The minimum Gasteiger partial charge on any atom is -0.305 e. The van der Waals surface area contributed by atoms with Gasteiger partial charge >= 0.3 is 0 Å². The molecule has 12 nitrogen and oxygen atoms in total. The first-order valence-corrected chi connectivity index (χ1v) is 19.6. The largest absolute Gasteiger partial charge is 0.305 e. The maximum absolute atomic E-state index is 12.6. The lowest BCUT2D eigenvalue weighted by Crippen LogP contribution is -2.14. The Balaban J connectivity index is 0.000000172. The number of anilines is 2. The van der Waals surface area contributed by atoms with Crippen molar-refractivity contribution in [2.24, 2.45) is 0 Å². The van der Waals surface area contributed by atoms with Crippen LogP contribution >= 0.6 is 23.5 Å². The van der Waals surface area contributed by atoms with Gasteiger partial charge in [-0.25, -0.2) is 19.9 Å².